The van der Waals surface area contributed by atoms with Crippen LogP contribution in [0.1, 0.15) is 25.7 Å². The van der Waals surface area contributed by atoms with Crippen molar-refractivity contribution in [2.75, 3.05) is 7.05 Å². The van der Waals surface area contributed by atoms with E-state index < -0.39 is 0 Å². The molecule has 1 fully saturated rings. The second kappa shape index (κ2) is 6.27. The van der Waals surface area contributed by atoms with Crippen molar-refractivity contribution in [2.45, 2.75) is 37.8 Å². The summed E-state index contributed by atoms with van der Waals surface area (Å²) in [7, 11) is 8.92. The third kappa shape index (κ3) is 3.95. The Hall–Kier alpha value is 1.64. The Balaban J connectivity index is 2.35. The van der Waals surface area contributed by atoms with E-state index in [9.17, 15) is 5.11 Å². The smallest absolute Gasteiger partial charge is 0.0541 e. The molecule has 0 spiro atoms. The van der Waals surface area contributed by atoms with Crippen molar-refractivity contribution in [3.05, 3.63) is 0 Å². The van der Waals surface area contributed by atoms with Gasteiger partial charge in [-0.2, -0.15) is 0 Å². The number of rotatable bonds is 3. The van der Waals surface area contributed by atoms with E-state index in [1.165, 1.54) is 12.8 Å². The molecule has 6 heteroatoms. The highest BCUT2D eigenvalue weighted by Gasteiger charge is 2.24. The van der Waals surface area contributed by atoms with Crippen LogP contribution in [-0.4, -0.2) is 29.0 Å². The van der Waals surface area contributed by atoms with Gasteiger partial charge in [0, 0.05) is 13.5 Å². The summed E-state index contributed by atoms with van der Waals surface area (Å²) in [6.07, 6.45) is 4.28. The van der Waals surface area contributed by atoms with Gasteiger partial charge in [0.15, 0.2) is 0 Å². The summed E-state index contributed by atoms with van der Waals surface area (Å²) in [5.74, 6) is 0. The van der Waals surface area contributed by atoms with Gasteiger partial charge in [0.1, 0.15) is 0 Å². The summed E-state index contributed by atoms with van der Waals surface area (Å²) < 4.78 is 2.50. The molecule has 13 heavy (non-hydrogen) atoms. The van der Waals surface area contributed by atoms with Crippen molar-refractivity contribution in [2.24, 2.45) is 0 Å². The van der Waals surface area contributed by atoms with Gasteiger partial charge in [-0.3, -0.25) is 4.67 Å². The predicted octanol–water partition coefficient (Wildman–Crippen LogP) is 2.79. The lowest BCUT2D eigenvalue weighted by Crippen LogP contribution is -2.31. The van der Waals surface area contributed by atoms with Gasteiger partial charge in [0.2, 0.25) is 0 Å². The molecule has 1 aliphatic rings. The average molecular weight is 257 g/mol. The highest BCUT2D eigenvalue weighted by Crippen LogP contribution is 2.68. The zero-order valence-corrected chi connectivity index (χ0v) is 12.2. The first-order chi connectivity index (χ1) is 6.15. The van der Waals surface area contributed by atoms with Crippen molar-refractivity contribution >= 4 is 33.3 Å². The van der Waals surface area contributed by atoms with Gasteiger partial charge >= 0.3 is 0 Å². The predicted molar refractivity (Wildman–Crippen MR) is 70.7 cm³/mol. The van der Waals surface area contributed by atoms with Crippen LogP contribution in [-0.2, 0) is 0 Å². The first-order valence-corrected chi connectivity index (χ1v) is 11.1. The zero-order chi connectivity index (χ0) is 9.84. The standard InChI is InChI=1S/C7H19NOP4/c1-8(13(11)12-10)6-2-4-7(9)5-3-6/h6-7,9,12H,2-5,10-11H2,1H3. The second-order valence-electron chi connectivity index (χ2n) is 3.51. The molecule has 1 N–H and O–H groups in total. The van der Waals surface area contributed by atoms with Crippen molar-refractivity contribution < 1.29 is 5.11 Å². The van der Waals surface area contributed by atoms with Gasteiger partial charge in [0.25, 0.3) is 0 Å². The lowest BCUT2D eigenvalue weighted by molar-refractivity contribution is 0.106. The largest absolute Gasteiger partial charge is 0.393 e. The van der Waals surface area contributed by atoms with Gasteiger partial charge in [-0.1, -0.05) is 16.9 Å². The number of aliphatic hydroxyl groups is 1. The van der Waals surface area contributed by atoms with Crippen molar-refractivity contribution in [3.63, 3.8) is 0 Å². The summed E-state index contributed by atoms with van der Waals surface area (Å²) in [5, 5.41) is 9.38. The highest BCUT2D eigenvalue weighted by molar-refractivity contribution is 8.60. The van der Waals surface area contributed by atoms with Gasteiger partial charge in [-0.15, -0.1) is 8.93 Å². The topological polar surface area (TPSA) is 23.5 Å². The molecule has 1 rings (SSSR count). The minimum absolute atomic E-state index is 0.0176. The molecule has 1 aliphatic carbocycles. The molecule has 0 saturated heterocycles. The highest BCUT2D eigenvalue weighted by atomic mass is 32.6. The summed E-state index contributed by atoms with van der Waals surface area (Å²) in [6, 6.07) is 0.708. The van der Waals surface area contributed by atoms with E-state index in [-0.39, 0.29) is 13.6 Å². The summed E-state index contributed by atoms with van der Waals surface area (Å²) in [4.78, 5) is 0. The number of aliphatic hydroxyl groups excluding tert-OH is 1. The Bertz CT molecular complexity index is 151. The van der Waals surface area contributed by atoms with Crippen molar-refractivity contribution in [1.29, 1.82) is 0 Å². The molecule has 0 radical (unpaired) electrons. The van der Waals surface area contributed by atoms with Crippen LogP contribution < -0.4 is 0 Å². The van der Waals surface area contributed by atoms with E-state index >= 15 is 0 Å². The Kier molecular flexibility index (Phi) is 6.13. The van der Waals surface area contributed by atoms with E-state index in [1.54, 1.807) is 0 Å². The molecule has 4 unspecified atom stereocenters. The van der Waals surface area contributed by atoms with Crippen LogP contribution in [0.4, 0.5) is 0 Å². The van der Waals surface area contributed by atoms with E-state index in [0.29, 0.717) is 6.04 Å². The van der Waals surface area contributed by atoms with Crippen LogP contribution in [0.3, 0.4) is 0 Å². The Morgan fingerprint density at radius 2 is 1.92 bits per heavy atom. The fourth-order valence-electron chi connectivity index (χ4n) is 1.70. The summed E-state index contributed by atoms with van der Waals surface area (Å²) in [5.41, 5.74) is 0. The lowest BCUT2D eigenvalue weighted by atomic mass is 9.93. The first-order valence-electron chi connectivity index (χ1n) is 4.57. The van der Waals surface area contributed by atoms with E-state index in [1.807, 2.05) is 0 Å². The van der Waals surface area contributed by atoms with Crippen LogP contribution in [0.15, 0.2) is 0 Å². The average Bonchev–Trinajstić information content (AvgIpc) is 2.17. The molecule has 0 aromatic heterocycles. The molecule has 4 atom stereocenters. The molecule has 0 amide bonds. The SMILES string of the molecule is CN(C1CCC(O)CC1)P(P)PP. The maximum absolute atomic E-state index is 9.38. The maximum atomic E-state index is 9.38. The number of hydrogen-bond acceptors (Lipinski definition) is 2. The van der Waals surface area contributed by atoms with E-state index in [0.717, 1.165) is 20.8 Å². The number of hydrogen-bond donors (Lipinski definition) is 1. The van der Waals surface area contributed by atoms with Gasteiger partial charge in [-0.25, -0.2) is 0 Å². The summed E-state index contributed by atoms with van der Waals surface area (Å²) in [6.45, 7) is 0. The third-order valence-corrected chi connectivity index (χ3v) is 13.2. The van der Waals surface area contributed by atoms with Crippen LogP contribution in [0.5, 0.6) is 0 Å². The quantitative estimate of drug-likeness (QED) is 0.786. The molecule has 1 saturated carbocycles. The number of nitrogens with zero attached hydrogens (tertiary/aromatic N) is 1. The van der Waals surface area contributed by atoms with Gasteiger partial charge in [0.05, 0.1) is 6.10 Å². The Labute approximate surface area is 88.3 Å². The fraction of sp³-hybridized carbons (Fsp3) is 1.00. The van der Waals surface area contributed by atoms with Crippen molar-refractivity contribution in [3.8, 4) is 0 Å². The van der Waals surface area contributed by atoms with Gasteiger partial charge in [-0.05, 0) is 32.7 Å². The van der Waals surface area contributed by atoms with Crippen LogP contribution in [0, 0.1) is 0 Å². The van der Waals surface area contributed by atoms with E-state index in [4.69, 9.17) is 0 Å². The molecule has 0 bridgehead atoms. The van der Waals surface area contributed by atoms with Crippen LogP contribution >= 0.6 is 33.3 Å². The zero-order valence-electron chi connectivity index (χ0n) is 7.98. The Morgan fingerprint density at radius 1 is 1.38 bits per heavy atom. The molecular weight excluding hydrogens is 238 g/mol. The molecule has 2 nitrogen and oxygen atoms in total. The first kappa shape index (κ1) is 12.7. The molecule has 0 aliphatic heterocycles. The lowest BCUT2D eigenvalue weighted by Gasteiger charge is -2.36. The minimum Gasteiger partial charge on any atom is -0.393 e. The van der Waals surface area contributed by atoms with Crippen LogP contribution in [0.2, 0.25) is 0 Å². The molecule has 0 aromatic carbocycles. The second-order valence-corrected chi connectivity index (χ2v) is 12.6. The Morgan fingerprint density at radius 3 is 2.38 bits per heavy atom. The third-order valence-electron chi connectivity index (χ3n) is 2.67. The van der Waals surface area contributed by atoms with E-state index in [2.05, 4.69) is 29.6 Å². The minimum atomic E-state index is -0.0289. The fourth-order valence-corrected chi connectivity index (χ4v) is 5.71. The normalized spacial score (nSPS) is 33.0. The summed E-state index contributed by atoms with van der Waals surface area (Å²) >= 11 is 0. The maximum Gasteiger partial charge on any atom is 0.0541 e. The van der Waals surface area contributed by atoms with Gasteiger partial charge < -0.3 is 5.11 Å². The molecular formula is C7H19NOP4. The van der Waals surface area contributed by atoms with Crippen molar-refractivity contribution in [1.82, 2.24) is 4.67 Å². The monoisotopic (exact) mass is 257 g/mol. The molecule has 78 valence electrons. The van der Waals surface area contributed by atoms with Crippen LogP contribution in [0.25, 0.3) is 0 Å². The molecule has 0 aromatic rings. The molecule has 0 heterocycles.